The van der Waals surface area contributed by atoms with E-state index in [0.717, 1.165) is 12.8 Å². The van der Waals surface area contributed by atoms with Crippen LogP contribution in [-0.2, 0) is 4.79 Å². The van der Waals surface area contributed by atoms with Crippen molar-refractivity contribution >= 4 is 11.8 Å². The van der Waals surface area contributed by atoms with Gasteiger partial charge in [0, 0.05) is 25.4 Å². The number of fused-ring (bicyclic) bond motifs is 1. The second-order valence-corrected chi connectivity index (χ2v) is 7.18. The number of rotatable bonds is 5. The quantitative estimate of drug-likeness (QED) is 0.823. The van der Waals surface area contributed by atoms with Crippen LogP contribution < -0.4 is 19.9 Å². The van der Waals surface area contributed by atoms with Crippen molar-refractivity contribution in [2.24, 2.45) is 11.7 Å². The molecule has 0 spiro atoms. The van der Waals surface area contributed by atoms with Crippen molar-refractivity contribution < 1.29 is 23.8 Å². The molecule has 1 aromatic heterocycles. The molecule has 3 heterocycles. The Labute approximate surface area is 168 Å². The Balaban J connectivity index is 1.26. The summed E-state index contributed by atoms with van der Waals surface area (Å²) in [4.78, 5) is 29.7. The minimum Gasteiger partial charge on any atom is -0.493 e. The van der Waals surface area contributed by atoms with Crippen LogP contribution in [-0.4, -0.2) is 54.1 Å². The van der Waals surface area contributed by atoms with Crippen LogP contribution in [0.3, 0.4) is 0 Å². The van der Waals surface area contributed by atoms with Gasteiger partial charge < -0.3 is 24.8 Å². The summed E-state index contributed by atoms with van der Waals surface area (Å²) >= 11 is 0. The second kappa shape index (κ2) is 8.38. The molecule has 4 rings (SSSR count). The lowest BCUT2D eigenvalue weighted by molar-refractivity contribution is -0.142. The summed E-state index contributed by atoms with van der Waals surface area (Å²) in [5, 5.41) is 0. The van der Waals surface area contributed by atoms with Crippen molar-refractivity contribution in [3.05, 3.63) is 48.3 Å². The van der Waals surface area contributed by atoms with Crippen LogP contribution in [0.1, 0.15) is 23.3 Å². The number of ether oxygens (including phenoxy) is 3. The largest absolute Gasteiger partial charge is 0.493 e. The predicted molar refractivity (Wildman–Crippen MR) is 104 cm³/mol. The fourth-order valence-corrected chi connectivity index (χ4v) is 3.51. The zero-order chi connectivity index (χ0) is 20.2. The number of nitrogens with two attached hydrogens (primary N) is 1. The van der Waals surface area contributed by atoms with Gasteiger partial charge in [0.05, 0.1) is 6.61 Å². The van der Waals surface area contributed by atoms with E-state index in [0.29, 0.717) is 42.9 Å². The van der Waals surface area contributed by atoms with Gasteiger partial charge in [-0.25, -0.2) is 0 Å². The first kappa shape index (κ1) is 19.0. The number of carbonyl (C=O) groups is 2. The van der Waals surface area contributed by atoms with Crippen LogP contribution in [0.5, 0.6) is 17.2 Å². The number of hydrogen-bond acceptors (Lipinski definition) is 6. The molecule has 8 nitrogen and oxygen atoms in total. The molecule has 8 heteroatoms. The molecule has 29 heavy (non-hydrogen) atoms. The number of primary amides is 1. The fourth-order valence-electron chi connectivity index (χ4n) is 3.51. The SMILES string of the molecule is NC(=O)c1cc(OCC2CCN(C(=O)C3COc4ccccc4O3)CC2)ccn1. The number of aromatic nitrogens is 1. The molecule has 2 N–H and O–H groups in total. The Hall–Kier alpha value is -3.29. The number of benzene rings is 1. The van der Waals surface area contributed by atoms with Crippen molar-refractivity contribution in [2.75, 3.05) is 26.3 Å². The van der Waals surface area contributed by atoms with E-state index in [4.69, 9.17) is 19.9 Å². The molecule has 0 saturated carbocycles. The summed E-state index contributed by atoms with van der Waals surface area (Å²) in [6, 6.07) is 10.6. The van der Waals surface area contributed by atoms with Crippen molar-refractivity contribution in [1.29, 1.82) is 0 Å². The van der Waals surface area contributed by atoms with E-state index < -0.39 is 12.0 Å². The molecule has 2 aliphatic heterocycles. The minimum atomic E-state index is -0.610. The van der Waals surface area contributed by atoms with Crippen molar-refractivity contribution in [1.82, 2.24) is 9.88 Å². The van der Waals surface area contributed by atoms with Gasteiger partial charge in [0.15, 0.2) is 11.5 Å². The lowest BCUT2D eigenvalue weighted by Crippen LogP contribution is -2.49. The van der Waals surface area contributed by atoms with Gasteiger partial charge in [-0.3, -0.25) is 14.6 Å². The molecular weight excluding hydrogens is 374 g/mol. The molecule has 1 saturated heterocycles. The summed E-state index contributed by atoms with van der Waals surface area (Å²) < 4.78 is 17.3. The van der Waals surface area contributed by atoms with Gasteiger partial charge in [0.1, 0.15) is 18.1 Å². The normalized spacial score (nSPS) is 18.9. The Morgan fingerprint density at radius 1 is 1.17 bits per heavy atom. The number of likely N-dealkylation sites (tertiary alicyclic amines) is 1. The monoisotopic (exact) mass is 397 g/mol. The zero-order valence-corrected chi connectivity index (χ0v) is 16.0. The Bertz CT molecular complexity index is 895. The summed E-state index contributed by atoms with van der Waals surface area (Å²) in [5.74, 6) is 1.54. The highest BCUT2D eigenvalue weighted by molar-refractivity contribution is 5.91. The molecule has 2 aromatic rings. The number of nitrogens with zero attached hydrogens (tertiary/aromatic N) is 2. The first-order chi connectivity index (χ1) is 14.1. The van der Waals surface area contributed by atoms with E-state index in [1.165, 1.54) is 6.20 Å². The van der Waals surface area contributed by atoms with Gasteiger partial charge in [-0.1, -0.05) is 12.1 Å². The summed E-state index contributed by atoms with van der Waals surface area (Å²) in [6.07, 6.45) is 2.57. The predicted octanol–water partition coefficient (Wildman–Crippen LogP) is 1.64. The highest BCUT2D eigenvalue weighted by Gasteiger charge is 2.33. The van der Waals surface area contributed by atoms with E-state index in [1.54, 1.807) is 18.2 Å². The summed E-state index contributed by atoms with van der Waals surface area (Å²) in [5.41, 5.74) is 5.42. The van der Waals surface area contributed by atoms with Crippen molar-refractivity contribution in [3.63, 3.8) is 0 Å². The van der Waals surface area contributed by atoms with Gasteiger partial charge >= 0.3 is 0 Å². The maximum absolute atomic E-state index is 12.8. The fraction of sp³-hybridized carbons (Fsp3) is 0.381. The molecule has 1 aromatic carbocycles. The first-order valence-corrected chi connectivity index (χ1v) is 9.66. The molecule has 0 bridgehead atoms. The topological polar surface area (TPSA) is 104 Å². The number of hydrogen-bond donors (Lipinski definition) is 1. The van der Waals surface area contributed by atoms with E-state index in [2.05, 4.69) is 4.98 Å². The van der Waals surface area contributed by atoms with Gasteiger partial charge in [0.25, 0.3) is 11.8 Å². The number of pyridine rings is 1. The summed E-state index contributed by atoms with van der Waals surface area (Å²) in [7, 11) is 0. The maximum atomic E-state index is 12.8. The third-order valence-corrected chi connectivity index (χ3v) is 5.18. The van der Waals surface area contributed by atoms with E-state index >= 15 is 0 Å². The molecule has 0 radical (unpaired) electrons. The Kier molecular flexibility index (Phi) is 5.50. The van der Waals surface area contributed by atoms with Gasteiger partial charge in [0.2, 0.25) is 6.10 Å². The molecular formula is C21H23N3O5. The van der Waals surface area contributed by atoms with Crippen LogP contribution in [0, 0.1) is 5.92 Å². The second-order valence-electron chi connectivity index (χ2n) is 7.18. The van der Waals surface area contributed by atoms with E-state index in [-0.39, 0.29) is 18.2 Å². The Morgan fingerprint density at radius 2 is 1.93 bits per heavy atom. The average molecular weight is 397 g/mol. The smallest absolute Gasteiger partial charge is 0.267 e. The van der Waals surface area contributed by atoms with Crippen LogP contribution in [0.4, 0.5) is 0 Å². The number of para-hydroxylation sites is 2. The van der Waals surface area contributed by atoms with Crippen LogP contribution in [0.15, 0.2) is 42.6 Å². The Morgan fingerprint density at radius 3 is 2.69 bits per heavy atom. The van der Waals surface area contributed by atoms with Crippen LogP contribution in [0.25, 0.3) is 0 Å². The molecule has 2 aliphatic rings. The lowest BCUT2D eigenvalue weighted by atomic mass is 9.97. The van der Waals surface area contributed by atoms with E-state index in [9.17, 15) is 9.59 Å². The van der Waals surface area contributed by atoms with Crippen LogP contribution >= 0.6 is 0 Å². The molecule has 1 unspecified atom stereocenters. The number of amides is 2. The first-order valence-electron chi connectivity index (χ1n) is 9.66. The number of carbonyl (C=O) groups excluding carboxylic acids is 2. The van der Waals surface area contributed by atoms with Crippen LogP contribution in [0.2, 0.25) is 0 Å². The molecule has 1 atom stereocenters. The van der Waals surface area contributed by atoms with E-state index in [1.807, 2.05) is 23.1 Å². The zero-order valence-electron chi connectivity index (χ0n) is 16.0. The highest BCUT2D eigenvalue weighted by Crippen LogP contribution is 2.31. The van der Waals surface area contributed by atoms with Gasteiger partial charge in [-0.15, -0.1) is 0 Å². The van der Waals surface area contributed by atoms with Gasteiger partial charge in [-0.2, -0.15) is 0 Å². The third-order valence-electron chi connectivity index (χ3n) is 5.18. The molecule has 1 fully saturated rings. The number of piperidine rings is 1. The minimum absolute atomic E-state index is 0.0425. The third kappa shape index (κ3) is 4.42. The summed E-state index contributed by atoms with van der Waals surface area (Å²) in [6.45, 7) is 2.04. The van der Waals surface area contributed by atoms with Crippen molar-refractivity contribution in [2.45, 2.75) is 18.9 Å². The standard InChI is InChI=1S/C21H23N3O5/c22-20(25)16-11-15(5-8-23-16)27-12-14-6-9-24(10-7-14)21(26)19-13-28-17-3-1-2-4-18(17)29-19/h1-5,8,11,14,19H,6-7,9-10,12-13H2,(H2,22,25). The highest BCUT2D eigenvalue weighted by atomic mass is 16.6. The lowest BCUT2D eigenvalue weighted by Gasteiger charge is -2.35. The molecule has 2 amide bonds. The average Bonchev–Trinajstić information content (AvgIpc) is 2.77. The molecule has 0 aliphatic carbocycles. The van der Waals surface area contributed by atoms with Gasteiger partial charge in [-0.05, 0) is 37.0 Å². The van der Waals surface area contributed by atoms with Crippen molar-refractivity contribution in [3.8, 4) is 17.2 Å². The molecule has 152 valence electrons. The maximum Gasteiger partial charge on any atom is 0.267 e.